The van der Waals surface area contributed by atoms with Crippen molar-refractivity contribution in [2.24, 2.45) is 0 Å². The summed E-state index contributed by atoms with van der Waals surface area (Å²) in [5, 5.41) is 4.78. The number of carbonyl (C=O) groups excluding carboxylic acids is 2. The molecule has 0 saturated carbocycles. The Balaban J connectivity index is 1.58. The fourth-order valence-electron chi connectivity index (χ4n) is 2.82. The van der Waals surface area contributed by atoms with E-state index in [9.17, 15) is 9.59 Å². The summed E-state index contributed by atoms with van der Waals surface area (Å²) in [6.07, 6.45) is 0. The average molecular weight is 364 g/mol. The molecule has 2 heterocycles. The van der Waals surface area contributed by atoms with Crippen LogP contribution in [0.4, 0.5) is 5.69 Å². The summed E-state index contributed by atoms with van der Waals surface area (Å²) in [7, 11) is 0. The highest BCUT2D eigenvalue weighted by atomic mass is 32.1. The number of H-pyrrole nitrogens is 1. The fourth-order valence-corrected chi connectivity index (χ4v) is 3.75. The zero-order valence-corrected chi connectivity index (χ0v) is 14.9. The minimum atomic E-state index is -0.322. The number of amides is 1. The van der Waals surface area contributed by atoms with Crippen LogP contribution >= 0.6 is 11.3 Å². The van der Waals surface area contributed by atoms with Gasteiger partial charge in [0.1, 0.15) is 10.6 Å². The number of benzene rings is 2. The Hall–Kier alpha value is -3.12. The van der Waals surface area contributed by atoms with E-state index < -0.39 is 0 Å². The summed E-state index contributed by atoms with van der Waals surface area (Å²) in [6, 6.07) is 16.9. The Bertz CT molecular complexity index is 1090. The lowest BCUT2D eigenvalue weighted by atomic mass is 10.2. The van der Waals surface area contributed by atoms with Gasteiger partial charge in [0.05, 0.1) is 6.61 Å². The van der Waals surface area contributed by atoms with Crippen molar-refractivity contribution >= 4 is 49.9 Å². The highest BCUT2D eigenvalue weighted by Gasteiger charge is 2.13. The summed E-state index contributed by atoms with van der Waals surface area (Å²) in [5.41, 5.74) is 2.10. The first kappa shape index (κ1) is 16.4. The van der Waals surface area contributed by atoms with Gasteiger partial charge in [-0.15, -0.1) is 11.3 Å². The molecule has 2 aromatic carbocycles. The molecule has 5 nitrogen and oxygen atoms in total. The summed E-state index contributed by atoms with van der Waals surface area (Å²) >= 11 is 1.38. The van der Waals surface area contributed by atoms with Crippen molar-refractivity contribution < 1.29 is 14.3 Å². The van der Waals surface area contributed by atoms with Gasteiger partial charge in [0.15, 0.2) is 0 Å². The fraction of sp³-hybridized carbons (Fsp3) is 0.100. The minimum absolute atomic E-state index is 0.207. The maximum atomic E-state index is 12.5. The van der Waals surface area contributed by atoms with E-state index in [1.165, 1.54) is 11.3 Å². The Morgan fingerprint density at radius 2 is 1.92 bits per heavy atom. The second kappa shape index (κ2) is 6.65. The molecule has 2 N–H and O–H groups in total. The Kier molecular flexibility index (Phi) is 4.18. The number of rotatable bonds is 4. The molecule has 130 valence electrons. The zero-order chi connectivity index (χ0) is 18.1. The molecule has 0 aliphatic heterocycles. The molecule has 0 atom stereocenters. The molecule has 1 amide bonds. The molecule has 2 aromatic heterocycles. The number of aromatic nitrogens is 1. The van der Waals surface area contributed by atoms with E-state index in [-0.39, 0.29) is 11.9 Å². The Morgan fingerprint density at radius 1 is 1.08 bits per heavy atom. The van der Waals surface area contributed by atoms with Crippen LogP contribution in [0.2, 0.25) is 0 Å². The standard InChI is InChI=1S/C20H16N2O3S/c1-2-25-20(24)18-11-13-9-14(7-8-17(13)26-18)21-19(23)16-10-12-5-3-4-6-15(12)22-16/h3-11,22H,2H2,1H3,(H,21,23). The van der Waals surface area contributed by atoms with Crippen LogP contribution in [-0.4, -0.2) is 23.5 Å². The number of thiophene rings is 1. The van der Waals surface area contributed by atoms with Crippen molar-refractivity contribution in [2.45, 2.75) is 6.92 Å². The van der Waals surface area contributed by atoms with Crippen LogP contribution in [-0.2, 0) is 4.74 Å². The van der Waals surface area contributed by atoms with Gasteiger partial charge in [0.25, 0.3) is 5.91 Å². The molecule has 26 heavy (non-hydrogen) atoms. The van der Waals surface area contributed by atoms with Gasteiger partial charge >= 0.3 is 5.97 Å². The van der Waals surface area contributed by atoms with Gasteiger partial charge in [-0.3, -0.25) is 4.79 Å². The first-order valence-corrected chi connectivity index (χ1v) is 9.05. The first-order valence-electron chi connectivity index (χ1n) is 8.24. The molecule has 6 heteroatoms. The van der Waals surface area contributed by atoms with Gasteiger partial charge in [-0.2, -0.15) is 0 Å². The number of nitrogens with one attached hydrogen (secondary N) is 2. The van der Waals surface area contributed by atoms with Crippen molar-refractivity contribution in [1.29, 1.82) is 0 Å². The molecule has 0 aliphatic carbocycles. The van der Waals surface area contributed by atoms with Gasteiger partial charge in [-0.1, -0.05) is 18.2 Å². The molecule has 4 rings (SSSR count). The molecule has 0 radical (unpaired) electrons. The van der Waals surface area contributed by atoms with Crippen LogP contribution in [0, 0.1) is 0 Å². The number of para-hydroxylation sites is 1. The normalized spacial score (nSPS) is 11.0. The highest BCUT2D eigenvalue weighted by Crippen LogP contribution is 2.29. The molecule has 0 spiro atoms. The third-order valence-corrected chi connectivity index (χ3v) is 5.12. The maximum Gasteiger partial charge on any atom is 0.348 e. The molecular formula is C20H16N2O3S. The summed E-state index contributed by atoms with van der Waals surface area (Å²) in [4.78, 5) is 28.0. The summed E-state index contributed by atoms with van der Waals surface area (Å²) < 4.78 is 6.01. The van der Waals surface area contributed by atoms with Crippen molar-refractivity contribution in [2.75, 3.05) is 11.9 Å². The lowest BCUT2D eigenvalue weighted by molar-refractivity contribution is 0.0532. The summed E-state index contributed by atoms with van der Waals surface area (Å²) in [5.74, 6) is -0.529. The van der Waals surface area contributed by atoms with Crippen molar-refractivity contribution in [3.63, 3.8) is 0 Å². The zero-order valence-electron chi connectivity index (χ0n) is 14.0. The Morgan fingerprint density at radius 3 is 2.73 bits per heavy atom. The summed E-state index contributed by atoms with van der Waals surface area (Å²) in [6.45, 7) is 2.13. The molecule has 4 aromatic rings. The first-order chi connectivity index (χ1) is 12.6. The van der Waals surface area contributed by atoms with Crippen LogP contribution in [0.15, 0.2) is 54.6 Å². The average Bonchev–Trinajstić information content (AvgIpc) is 3.25. The van der Waals surface area contributed by atoms with Gasteiger partial charge in [0, 0.05) is 21.3 Å². The molecule has 0 saturated heterocycles. The van der Waals surface area contributed by atoms with Crippen LogP contribution in [0.5, 0.6) is 0 Å². The highest BCUT2D eigenvalue weighted by molar-refractivity contribution is 7.20. The number of carbonyl (C=O) groups is 2. The van der Waals surface area contributed by atoms with Gasteiger partial charge < -0.3 is 15.0 Å². The van der Waals surface area contributed by atoms with Crippen molar-refractivity contribution in [3.05, 3.63) is 65.2 Å². The number of anilines is 1. The van der Waals surface area contributed by atoms with Gasteiger partial charge in [-0.25, -0.2) is 4.79 Å². The predicted octanol–water partition coefficient (Wildman–Crippen LogP) is 4.81. The monoisotopic (exact) mass is 364 g/mol. The number of hydrogen-bond acceptors (Lipinski definition) is 4. The third kappa shape index (κ3) is 3.07. The molecule has 0 bridgehead atoms. The smallest absolute Gasteiger partial charge is 0.348 e. The lowest BCUT2D eigenvalue weighted by Gasteiger charge is -2.03. The van der Waals surface area contributed by atoms with Crippen LogP contribution in [0.25, 0.3) is 21.0 Å². The van der Waals surface area contributed by atoms with Gasteiger partial charge in [0.2, 0.25) is 0 Å². The van der Waals surface area contributed by atoms with Crippen LogP contribution in [0.1, 0.15) is 27.1 Å². The van der Waals surface area contributed by atoms with E-state index in [2.05, 4.69) is 10.3 Å². The van der Waals surface area contributed by atoms with Crippen LogP contribution in [0.3, 0.4) is 0 Å². The van der Waals surface area contributed by atoms with E-state index in [1.54, 1.807) is 13.0 Å². The van der Waals surface area contributed by atoms with E-state index in [0.717, 1.165) is 21.0 Å². The Labute approximate surface area is 153 Å². The lowest BCUT2D eigenvalue weighted by Crippen LogP contribution is -2.11. The second-order valence-electron chi connectivity index (χ2n) is 5.81. The number of esters is 1. The number of fused-ring (bicyclic) bond motifs is 2. The SMILES string of the molecule is CCOC(=O)c1cc2cc(NC(=O)c3cc4ccccc4[nH]3)ccc2s1. The van der Waals surface area contributed by atoms with Crippen molar-refractivity contribution in [1.82, 2.24) is 4.98 Å². The largest absolute Gasteiger partial charge is 0.462 e. The van der Waals surface area contributed by atoms with Gasteiger partial charge in [-0.05, 0) is 48.7 Å². The minimum Gasteiger partial charge on any atom is -0.462 e. The second-order valence-corrected chi connectivity index (χ2v) is 6.89. The van der Waals surface area contributed by atoms with E-state index in [4.69, 9.17) is 4.74 Å². The number of aromatic amines is 1. The quantitative estimate of drug-likeness (QED) is 0.510. The van der Waals surface area contributed by atoms with E-state index >= 15 is 0 Å². The predicted molar refractivity (Wildman–Crippen MR) is 104 cm³/mol. The number of hydrogen-bond donors (Lipinski definition) is 2. The third-order valence-electron chi connectivity index (χ3n) is 4.03. The van der Waals surface area contributed by atoms with E-state index in [0.29, 0.717) is 22.9 Å². The number of ether oxygens (including phenoxy) is 1. The molecule has 0 unspecified atom stereocenters. The van der Waals surface area contributed by atoms with E-state index in [1.807, 2.05) is 48.5 Å². The van der Waals surface area contributed by atoms with Crippen molar-refractivity contribution in [3.8, 4) is 0 Å². The topological polar surface area (TPSA) is 71.2 Å². The maximum absolute atomic E-state index is 12.5. The molecule has 0 aliphatic rings. The molecule has 0 fully saturated rings. The van der Waals surface area contributed by atoms with Crippen LogP contribution < -0.4 is 5.32 Å². The molecular weight excluding hydrogens is 348 g/mol.